The summed E-state index contributed by atoms with van der Waals surface area (Å²) in [5.41, 5.74) is 1.12. The van der Waals surface area contributed by atoms with Crippen LogP contribution in [0.5, 0.6) is 0 Å². The number of allylic oxidation sites excluding steroid dienone is 3. The van der Waals surface area contributed by atoms with Gasteiger partial charge >= 0.3 is 0 Å². The lowest BCUT2D eigenvalue weighted by molar-refractivity contribution is 0.138. The van der Waals surface area contributed by atoms with Gasteiger partial charge in [-0.3, -0.25) is 0 Å². The maximum absolute atomic E-state index is 6.21. The molecule has 0 fully saturated rings. The number of terminal acetylenes is 1. The Balaban J connectivity index is 2.74. The van der Waals surface area contributed by atoms with Gasteiger partial charge in [0.25, 0.3) is 0 Å². The van der Waals surface area contributed by atoms with E-state index in [2.05, 4.69) is 50.7 Å². The van der Waals surface area contributed by atoms with E-state index in [9.17, 15) is 0 Å². The van der Waals surface area contributed by atoms with E-state index in [1.54, 1.807) is 0 Å². The Morgan fingerprint density at radius 3 is 2.71 bits per heavy atom. The van der Waals surface area contributed by atoms with Gasteiger partial charge in [0.15, 0.2) is 8.32 Å². The van der Waals surface area contributed by atoms with Gasteiger partial charge in [0.2, 0.25) is 0 Å². The predicted octanol–water partition coefficient (Wildman–Crippen LogP) is 4.29. The van der Waals surface area contributed by atoms with E-state index >= 15 is 0 Å². The summed E-state index contributed by atoms with van der Waals surface area (Å²) in [5.74, 6) is 2.73. The zero-order valence-corrected chi connectivity index (χ0v) is 12.5. The van der Waals surface area contributed by atoms with Crippen LogP contribution >= 0.6 is 0 Å². The van der Waals surface area contributed by atoms with Crippen molar-refractivity contribution >= 4 is 8.32 Å². The zero-order valence-electron chi connectivity index (χ0n) is 11.5. The smallest absolute Gasteiger partial charge is 0.184 e. The average molecular weight is 248 g/mol. The van der Waals surface area contributed by atoms with Gasteiger partial charge in [0.05, 0.1) is 5.60 Å². The molecule has 0 radical (unpaired) electrons. The van der Waals surface area contributed by atoms with Crippen molar-refractivity contribution in [2.75, 3.05) is 0 Å². The Morgan fingerprint density at radius 1 is 1.53 bits per heavy atom. The Kier molecular flexibility index (Phi) is 4.79. The van der Waals surface area contributed by atoms with Gasteiger partial charge < -0.3 is 4.43 Å². The van der Waals surface area contributed by atoms with E-state index in [0.29, 0.717) is 6.42 Å². The summed E-state index contributed by atoms with van der Waals surface area (Å²) < 4.78 is 6.21. The molecule has 0 saturated heterocycles. The molecule has 2 heteroatoms. The van der Waals surface area contributed by atoms with Gasteiger partial charge in [0, 0.05) is 6.42 Å². The summed E-state index contributed by atoms with van der Waals surface area (Å²) in [6.07, 6.45) is 16.4. The first-order chi connectivity index (χ1) is 7.85. The zero-order chi connectivity index (χ0) is 12.9. The molecule has 1 rings (SSSR count). The van der Waals surface area contributed by atoms with Crippen LogP contribution in [0.2, 0.25) is 19.6 Å². The highest BCUT2D eigenvalue weighted by atomic mass is 28.4. The third-order valence-electron chi connectivity index (χ3n) is 2.72. The molecular weight excluding hydrogens is 224 g/mol. The van der Waals surface area contributed by atoms with Gasteiger partial charge in [-0.1, -0.05) is 23.8 Å². The minimum Gasteiger partial charge on any atom is -0.408 e. The molecule has 1 aliphatic rings. The first-order valence-corrected chi connectivity index (χ1v) is 9.77. The normalized spacial score (nSPS) is 20.1. The fourth-order valence-corrected chi connectivity index (χ4v) is 3.70. The second kappa shape index (κ2) is 5.71. The molecule has 0 N–H and O–H groups in total. The van der Waals surface area contributed by atoms with Crippen molar-refractivity contribution in [3.05, 3.63) is 23.8 Å². The molecule has 0 aromatic carbocycles. The molecule has 0 bridgehead atoms. The lowest BCUT2D eigenvalue weighted by atomic mass is 10.0. The van der Waals surface area contributed by atoms with E-state index < -0.39 is 8.32 Å². The van der Waals surface area contributed by atoms with Gasteiger partial charge in [-0.25, -0.2) is 0 Å². The predicted molar refractivity (Wildman–Crippen MR) is 77.4 cm³/mol. The van der Waals surface area contributed by atoms with Crippen LogP contribution in [-0.4, -0.2) is 13.9 Å². The number of hydrogen-bond donors (Lipinski definition) is 0. The molecule has 0 heterocycles. The Hall–Kier alpha value is -0.783. The second-order valence-corrected chi connectivity index (χ2v) is 10.3. The van der Waals surface area contributed by atoms with Crippen LogP contribution in [0.15, 0.2) is 23.8 Å². The minimum absolute atomic E-state index is 0.303. The van der Waals surface area contributed by atoms with Gasteiger partial charge in [-0.05, 0) is 45.8 Å². The third kappa shape index (κ3) is 5.39. The monoisotopic (exact) mass is 248 g/mol. The van der Waals surface area contributed by atoms with E-state index in [4.69, 9.17) is 10.8 Å². The largest absolute Gasteiger partial charge is 0.408 e. The van der Waals surface area contributed by atoms with Gasteiger partial charge in [0.1, 0.15) is 0 Å². The lowest BCUT2D eigenvalue weighted by Gasteiger charge is -2.32. The van der Waals surface area contributed by atoms with Crippen LogP contribution in [0, 0.1) is 12.3 Å². The van der Waals surface area contributed by atoms with E-state index in [1.807, 2.05) is 0 Å². The van der Waals surface area contributed by atoms with E-state index in [0.717, 1.165) is 0 Å². The quantitative estimate of drug-likeness (QED) is 0.521. The highest BCUT2D eigenvalue weighted by Crippen LogP contribution is 2.25. The third-order valence-corrected chi connectivity index (χ3v) is 3.80. The van der Waals surface area contributed by atoms with Crippen LogP contribution in [0.4, 0.5) is 0 Å². The first-order valence-electron chi connectivity index (χ1n) is 6.37. The highest BCUT2D eigenvalue weighted by Gasteiger charge is 2.28. The average Bonchev–Trinajstić information content (AvgIpc) is 2.64. The molecule has 1 unspecified atom stereocenters. The van der Waals surface area contributed by atoms with Crippen molar-refractivity contribution < 1.29 is 4.43 Å². The van der Waals surface area contributed by atoms with Crippen molar-refractivity contribution in [2.24, 2.45) is 0 Å². The van der Waals surface area contributed by atoms with Crippen LogP contribution in [0.1, 0.15) is 32.6 Å². The summed E-state index contributed by atoms with van der Waals surface area (Å²) in [6.45, 7) is 8.69. The Morgan fingerprint density at radius 2 is 2.24 bits per heavy atom. The molecule has 1 aliphatic carbocycles. The maximum atomic E-state index is 6.21. The van der Waals surface area contributed by atoms with Crippen LogP contribution < -0.4 is 0 Å². The molecule has 0 aromatic rings. The molecule has 1 nitrogen and oxygen atoms in total. The second-order valence-electron chi connectivity index (χ2n) is 5.91. The maximum Gasteiger partial charge on any atom is 0.184 e. The molecule has 17 heavy (non-hydrogen) atoms. The standard InChI is InChI=1S/C15H24OSi/c1-6-12-15(2,16-17(3,4)5)13-11-14-9-7-8-10-14/h1,9,11,13H,7-8,10,12H2,2-5H3/b13-11+. The fourth-order valence-electron chi connectivity index (χ4n) is 2.16. The fraction of sp³-hybridized carbons (Fsp3) is 0.600. The van der Waals surface area contributed by atoms with Crippen molar-refractivity contribution in [1.82, 2.24) is 0 Å². The molecule has 0 spiro atoms. The van der Waals surface area contributed by atoms with E-state index in [-0.39, 0.29) is 5.60 Å². The lowest BCUT2D eigenvalue weighted by Crippen LogP contribution is -2.39. The van der Waals surface area contributed by atoms with Crippen molar-refractivity contribution in [1.29, 1.82) is 0 Å². The summed E-state index contributed by atoms with van der Waals surface area (Å²) in [5, 5.41) is 0. The molecule has 94 valence electrons. The minimum atomic E-state index is -1.57. The summed E-state index contributed by atoms with van der Waals surface area (Å²) in [6, 6.07) is 0. The highest BCUT2D eigenvalue weighted by molar-refractivity contribution is 6.69. The molecular formula is C15H24OSi. The van der Waals surface area contributed by atoms with Crippen molar-refractivity contribution in [3.63, 3.8) is 0 Å². The Labute approximate surface area is 107 Å². The van der Waals surface area contributed by atoms with Gasteiger partial charge in [-0.2, -0.15) is 0 Å². The number of rotatable bonds is 5. The first kappa shape index (κ1) is 14.3. The van der Waals surface area contributed by atoms with E-state index in [1.165, 1.54) is 24.8 Å². The van der Waals surface area contributed by atoms with Gasteiger partial charge in [-0.15, -0.1) is 12.3 Å². The topological polar surface area (TPSA) is 9.23 Å². The Bertz CT molecular complexity index is 354. The molecule has 0 aliphatic heterocycles. The summed E-state index contributed by atoms with van der Waals surface area (Å²) in [7, 11) is -1.57. The van der Waals surface area contributed by atoms with Crippen LogP contribution in [0.25, 0.3) is 0 Å². The van der Waals surface area contributed by atoms with Crippen LogP contribution in [0.3, 0.4) is 0 Å². The molecule has 0 amide bonds. The van der Waals surface area contributed by atoms with Crippen LogP contribution in [-0.2, 0) is 4.43 Å². The number of hydrogen-bond acceptors (Lipinski definition) is 1. The van der Waals surface area contributed by atoms with Crippen molar-refractivity contribution in [2.45, 2.75) is 57.8 Å². The molecule has 0 saturated carbocycles. The molecule has 0 aromatic heterocycles. The molecule has 1 atom stereocenters. The summed E-state index contributed by atoms with van der Waals surface area (Å²) >= 11 is 0. The summed E-state index contributed by atoms with van der Waals surface area (Å²) in [4.78, 5) is 0. The van der Waals surface area contributed by atoms with Crippen molar-refractivity contribution in [3.8, 4) is 12.3 Å². The SMILES string of the molecule is C#CCC(C)(/C=C/C1=CCCC1)O[Si](C)(C)C.